The molecule has 2 saturated carbocycles. The molecule has 2 fully saturated rings. The molecule has 0 aromatic heterocycles. The maximum atomic E-state index is 12.5. The van der Waals surface area contributed by atoms with Gasteiger partial charge in [0.15, 0.2) is 0 Å². The normalized spacial score (nSPS) is 27.8. The lowest BCUT2D eigenvalue weighted by Crippen LogP contribution is -2.33. The highest BCUT2D eigenvalue weighted by atomic mass is 16.2. The minimum atomic E-state index is 0.349. The Hall–Kier alpha value is -1.31. The van der Waals surface area contributed by atoms with Gasteiger partial charge in [-0.25, -0.2) is 0 Å². The largest absolute Gasteiger partial charge is 0.312 e. The number of nitrogens with zero attached hydrogens (tertiary/aromatic N) is 1. The Bertz CT molecular complexity index is 489. The zero-order chi connectivity index (χ0) is 11.5. The Morgan fingerprint density at radius 3 is 2.82 bits per heavy atom. The van der Waals surface area contributed by atoms with Gasteiger partial charge in [0, 0.05) is 18.2 Å². The highest BCUT2D eigenvalue weighted by Gasteiger charge is 2.61. The van der Waals surface area contributed by atoms with Gasteiger partial charge in [-0.05, 0) is 42.7 Å². The van der Waals surface area contributed by atoms with E-state index in [-0.39, 0.29) is 0 Å². The third kappa shape index (κ3) is 1.24. The summed E-state index contributed by atoms with van der Waals surface area (Å²) in [5.74, 6) is 0.747. The summed E-state index contributed by atoms with van der Waals surface area (Å²) in [5.41, 5.74) is 2.96. The van der Waals surface area contributed by atoms with Crippen LogP contribution in [0.15, 0.2) is 24.3 Å². The van der Waals surface area contributed by atoms with Crippen LogP contribution < -0.4 is 4.90 Å². The average Bonchev–Trinajstić information content (AvgIpc) is 2.95. The topological polar surface area (TPSA) is 20.3 Å². The summed E-state index contributed by atoms with van der Waals surface area (Å²) < 4.78 is 0. The molecule has 1 atom stereocenters. The van der Waals surface area contributed by atoms with Gasteiger partial charge in [-0.3, -0.25) is 4.79 Å². The predicted octanol–water partition coefficient (Wildman–Crippen LogP) is 2.77. The maximum Gasteiger partial charge on any atom is 0.230 e. The van der Waals surface area contributed by atoms with Crippen molar-refractivity contribution in [3.05, 3.63) is 29.8 Å². The van der Waals surface area contributed by atoms with Crippen LogP contribution in [0.3, 0.4) is 0 Å². The van der Waals surface area contributed by atoms with Crippen molar-refractivity contribution in [1.29, 1.82) is 0 Å². The SMILES string of the molecule is O=C(C1CC12CCC2)N1CCc2ccccc21. The number of carbonyl (C=O) groups excluding carboxylic acids is 1. The van der Waals surface area contributed by atoms with Crippen molar-refractivity contribution in [2.45, 2.75) is 32.1 Å². The molecule has 1 spiro atoms. The second-order valence-corrected chi connectivity index (χ2v) is 5.84. The first kappa shape index (κ1) is 9.69. The molecule has 0 bridgehead atoms. The lowest BCUT2D eigenvalue weighted by molar-refractivity contribution is -0.120. The van der Waals surface area contributed by atoms with Crippen LogP contribution in [0.4, 0.5) is 5.69 Å². The molecule has 2 heteroatoms. The quantitative estimate of drug-likeness (QED) is 0.722. The average molecular weight is 227 g/mol. The van der Waals surface area contributed by atoms with Crippen LogP contribution in [0.1, 0.15) is 31.2 Å². The number of benzene rings is 1. The number of hydrogen-bond donors (Lipinski definition) is 0. The number of anilines is 1. The van der Waals surface area contributed by atoms with Gasteiger partial charge in [0.1, 0.15) is 0 Å². The fraction of sp³-hybridized carbons (Fsp3) is 0.533. The van der Waals surface area contributed by atoms with Gasteiger partial charge in [0.25, 0.3) is 0 Å². The second kappa shape index (κ2) is 3.12. The smallest absolute Gasteiger partial charge is 0.230 e. The summed E-state index contributed by atoms with van der Waals surface area (Å²) in [7, 11) is 0. The maximum absolute atomic E-state index is 12.5. The standard InChI is InChI=1S/C15H17NO/c17-14(12-10-15(12)7-3-8-15)16-9-6-11-4-1-2-5-13(11)16/h1-2,4-5,12H,3,6-10H2. The van der Waals surface area contributed by atoms with E-state index in [9.17, 15) is 4.79 Å². The van der Waals surface area contributed by atoms with Crippen molar-refractivity contribution in [2.75, 3.05) is 11.4 Å². The van der Waals surface area contributed by atoms with E-state index >= 15 is 0 Å². The highest BCUT2D eigenvalue weighted by molar-refractivity contribution is 5.99. The monoisotopic (exact) mass is 227 g/mol. The van der Waals surface area contributed by atoms with E-state index in [1.165, 1.54) is 30.5 Å². The molecule has 17 heavy (non-hydrogen) atoms. The van der Waals surface area contributed by atoms with Crippen molar-refractivity contribution in [3.8, 4) is 0 Å². The van der Waals surface area contributed by atoms with Crippen LogP contribution in [0.25, 0.3) is 0 Å². The van der Waals surface area contributed by atoms with Crippen molar-refractivity contribution in [3.63, 3.8) is 0 Å². The van der Waals surface area contributed by atoms with E-state index in [2.05, 4.69) is 18.2 Å². The summed E-state index contributed by atoms with van der Waals surface area (Å²) >= 11 is 0. The molecule has 2 nitrogen and oxygen atoms in total. The van der Waals surface area contributed by atoms with Crippen molar-refractivity contribution in [1.82, 2.24) is 0 Å². The van der Waals surface area contributed by atoms with Gasteiger partial charge in [0.2, 0.25) is 5.91 Å². The Labute approximate surface area is 102 Å². The molecule has 1 aliphatic heterocycles. The summed E-state index contributed by atoms with van der Waals surface area (Å²) in [6, 6.07) is 8.35. The second-order valence-electron chi connectivity index (χ2n) is 5.84. The Morgan fingerprint density at radius 1 is 1.29 bits per heavy atom. The van der Waals surface area contributed by atoms with Gasteiger partial charge >= 0.3 is 0 Å². The first-order chi connectivity index (χ1) is 8.30. The van der Waals surface area contributed by atoms with Crippen molar-refractivity contribution in [2.24, 2.45) is 11.3 Å². The molecule has 0 N–H and O–H groups in total. The highest BCUT2D eigenvalue weighted by Crippen LogP contribution is 2.66. The first-order valence-corrected chi connectivity index (χ1v) is 6.69. The summed E-state index contributed by atoms with van der Waals surface area (Å²) in [6.07, 6.45) is 6.10. The van der Waals surface area contributed by atoms with Crippen molar-refractivity contribution < 1.29 is 4.79 Å². The molecule has 1 heterocycles. The van der Waals surface area contributed by atoms with Crippen LogP contribution in [0, 0.1) is 11.3 Å². The molecule has 0 saturated heterocycles. The fourth-order valence-electron chi connectivity index (χ4n) is 3.64. The third-order valence-corrected chi connectivity index (χ3v) is 4.99. The zero-order valence-electron chi connectivity index (χ0n) is 9.98. The molecule has 88 valence electrons. The van der Waals surface area contributed by atoms with Crippen molar-refractivity contribution >= 4 is 11.6 Å². The van der Waals surface area contributed by atoms with Crippen LogP contribution in [-0.2, 0) is 11.2 Å². The fourth-order valence-corrected chi connectivity index (χ4v) is 3.64. The van der Waals surface area contributed by atoms with E-state index in [0.717, 1.165) is 19.4 Å². The lowest BCUT2D eigenvalue weighted by atomic mass is 9.79. The first-order valence-electron chi connectivity index (χ1n) is 6.69. The number of rotatable bonds is 1. The van der Waals surface area contributed by atoms with Crippen LogP contribution >= 0.6 is 0 Å². The van der Waals surface area contributed by atoms with E-state index in [1.807, 2.05) is 11.0 Å². The minimum absolute atomic E-state index is 0.349. The number of fused-ring (bicyclic) bond motifs is 1. The number of carbonyl (C=O) groups is 1. The number of para-hydroxylation sites is 1. The third-order valence-electron chi connectivity index (χ3n) is 4.99. The number of hydrogen-bond acceptors (Lipinski definition) is 1. The molecular weight excluding hydrogens is 210 g/mol. The summed E-state index contributed by atoms with van der Waals surface area (Å²) in [5, 5.41) is 0. The van der Waals surface area contributed by atoms with Gasteiger partial charge in [-0.15, -0.1) is 0 Å². The predicted molar refractivity (Wildman–Crippen MR) is 66.9 cm³/mol. The minimum Gasteiger partial charge on any atom is -0.312 e. The van der Waals surface area contributed by atoms with Gasteiger partial charge < -0.3 is 4.90 Å². The number of amides is 1. The van der Waals surface area contributed by atoms with E-state index in [0.29, 0.717) is 17.2 Å². The molecule has 4 rings (SSSR count). The van der Waals surface area contributed by atoms with Gasteiger partial charge in [0.05, 0.1) is 0 Å². The summed E-state index contributed by atoms with van der Waals surface area (Å²) in [6.45, 7) is 0.894. The van der Waals surface area contributed by atoms with Gasteiger partial charge in [-0.1, -0.05) is 24.6 Å². The van der Waals surface area contributed by atoms with E-state index in [4.69, 9.17) is 0 Å². The van der Waals surface area contributed by atoms with Crippen LogP contribution in [0.5, 0.6) is 0 Å². The Balaban J connectivity index is 1.59. The Morgan fingerprint density at radius 2 is 2.12 bits per heavy atom. The Kier molecular flexibility index (Phi) is 1.78. The molecular formula is C15H17NO. The van der Waals surface area contributed by atoms with Crippen LogP contribution in [0.2, 0.25) is 0 Å². The molecule has 1 aromatic carbocycles. The van der Waals surface area contributed by atoms with E-state index in [1.54, 1.807) is 0 Å². The zero-order valence-corrected chi connectivity index (χ0v) is 9.98. The summed E-state index contributed by atoms with van der Waals surface area (Å²) in [4.78, 5) is 14.5. The molecule has 3 aliphatic rings. The van der Waals surface area contributed by atoms with Gasteiger partial charge in [-0.2, -0.15) is 0 Å². The van der Waals surface area contributed by atoms with E-state index < -0.39 is 0 Å². The molecule has 1 aromatic rings. The molecule has 2 aliphatic carbocycles. The molecule has 1 unspecified atom stereocenters. The van der Waals surface area contributed by atoms with Crippen LogP contribution in [-0.4, -0.2) is 12.5 Å². The molecule has 0 radical (unpaired) electrons. The lowest BCUT2D eigenvalue weighted by Gasteiger charge is -2.28. The molecule has 1 amide bonds.